The van der Waals surface area contributed by atoms with E-state index in [0.717, 1.165) is 11.1 Å². The molecule has 0 bridgehead atoms. The van der Waals surface area contributed by atoms with Crippen molar-refractivity contribution in [2.45, 2.75) is 85.4 Å². The fourth-order valence-electron chi connectivity index (χ4n) is 4.78. The van der Waals surface area contributed by atoms with Crippen molar-refractivity contribution in [3.05, 3.63) is 82.7 Å². The predicted octanol–water partition coefficient (Wildman–Crippen LogP) is 6.22. The Kier molecular flexibility index (Phi) is 16.7. The van der Waals surface area contributed by atoms with Gasteiger partial charge in [-0.15, -0.1) is 0 Å². The molecule has 0 aliphatic carbocycles. The standard InChI is InChI=1S/C37H52ClFN2O7/c1-23(2)19-32(35(44)45)48-36(46)37(5,6)22-40-34(43)30(21-27-15-18-31(47-7)29(38)20-27)41-33(42)10-8-9-24(3)25(4)11-12-26-13-16-28(39)17-14-26/h8,10-18,20,23-25,30,32-34,40-43H,9,19,21-22H2,1-7H3,(H,44,45)/b10-8+,12-11+/t24-,25-,30+,32+,33?,34?/m1/s1. The molecule has 2 aromatic rings. The summed E-state index contributed by atoms with van der Waals surface area (Å²) in [6.07, 6.45) is 5.03. The number of ether oxygens (including phenoxy) is 2. The Hall–Kier alpha value is -3.28. The number of carbonyl (C=O) groups is 2. The average molecular weight is 691 g/mol. The zero-order valence-corrected chi connectivity index (χ0v) is 29.7. The molecule has 0 spiro atoms. The molecule has 9 nitrogen and oxygen atoms in total. The highest BCUT2D eigenvalue weighted by Gasteiger charge is 2.35. The molecule has 0 saturated carbocycles. The topological polar surface area (TPSA) is 137 Å². The second kappa shape index (κ2) is 19.7. The van der Waals surface area contributed by atoms with E-state index in [0.29, 0.717) is 17.2 Å². The lowest BCUT2D eigenvalue weighted by Gasteiger charge is -2.31. The maximum Gasteiger partial charge on any atom is 0.345 e. The van der Waals surface area contributed by atoms with Crippen molar-refractivity contribution in [2.24, 2.45) is 23.2 Å². The second-order valence-corrected chi connectivity index (χ2v) is 13.8. The van der Waals surface area contributed by atoms with E-state index in [9.17, 15) is 29.3 Å². The molecule has 266 valence electrons. The molecular weight excluding hydrogens is 639 g/mol. The Morgan fingerprint density at radius 1 is 1.04 bits per heavy atom. The number of allylic oxidation sites excluding steroid dienone is 2. The minimum Gasteiger partial charge on any atom is -0.495 e. The highest BCUT2D eigenvalue weighted by Crippen LogP contribution is 2.26. The predicted molar refractivity (Wildman–Crippen MR) is 187 cm³/mol. The molecule has 2 unspecified atom stereocenters. The Morgan fingerprint density at radius 2 is 1.71 bits per heavy atom. The molecule has 0 amide bonds. The van der Waals surface area contributed by atoms with Crippen LogP contribution in [0.2, 0.25) is 5.02 Å². The number of aliphatic carboxylic acids is 1. The number of esters is 1. The van der Waals surface area contributed by atoms with Gasteiger partial charge in [0.2, 0.25) is 0 Å². The molecule has 0 saturated heterocycles. The van der Waals surface area contributed by atoms with Crippen LogP contribution >= 0.6 is 11.6 Å². The van der Waals surface area contributed by atoms with Gasteiger partial charge in [0.25, 0.3) is 0 Å². The lowest BCUT2D eigenvalue weighted by atomic mass is 9.92. The lowest BCUT2D eigenvalue weighted by molar-refractivity contribution is -0.171. The second-order valence-electron chi connectivity index (χ2n) is 13.4. The number of hydrogen-bond donors (Lipinski definition) is 5. The number of aliphatic hydroxyl groups is 2. The van der Waals surface area contributed by atoms with Gasteiger partial charge in [0.15, 0.2) is 6.10 Å². The maximum atomic E-state index is 13.2. The van der Waals surface area contributed by atoms with E-state index in [1.165, 1.54) is 19.2 Å². The number of carboxylic acids is 1. The van der Waals surface area contributed by atoms with Crippen LogP contribution in [0.15, 0.2) is 60.7 Å². The molecule has 0 aliphatic heterocycles. The molecule has 2 rings (SSSR count). The minimum atomic E-state index is -1.27. The van der Waals surface area contributed by atoms with Gasteiger partial charge < -0.3 is 24.8 Å². The van der Waals surface area contributed by atoms with Crippen LogP contribution in [0.3, 0.4) is 0 Å². The number of halogens is 2. The van der Waals surface area contributed by atoms with Crippen LogP contribution in [0.5, 0.6) is 5.75 Å². The third-order valence-corrected chi connectivity index (χ3v) is 8.44. The number of rotatable bonds is 20. The van der Waals surface area contributed by atoms with E-state index >= 15 is 0 Å². The van der Waals surface area contributed by atoms with Gasteiger partial charge in [0, 0.05) is 6.54 Å². The fourth-order valence-corrected chi connectivity index (χ4v) is 5.06. The van der Waals surface area contributed by atoms with Gasteiger partial charge in [-0.05, 0) is 92.3 Å². The van der Waals surface area contributed by atoms with E-state index in [2.05, 4.69) is 30.6 Å². The first-order chi connectivity index (χ1) is 22.5. The van der Waals surface area contributed by atoms with Crippen molar-refractivity contribution in [1.29, 1.82) is 0 Å². The molecule has 0 aliphatic rings. The third kappa shape index (κ3) is 14.1. The molecule has 0 aromatic heterocycles. The van der Waals surface area contributed by atoms with Crippen LogP contribution < -0.4 is 15.4 Å². The molecule has 2 aromatic carbocycles. The summed E-state index contributed by atoms with van der Waals surface area (Å²) in [5.74, 6) is -1.22. The van der Waals surface area contributed by atoms with E-state index in [1.54, 1.807) is 50.3 Å². The SMILES string of the molecule is COc1ccc(C[C@H](NC(O)/C=C/C[C@@H](C)[C@H](C)/C=C/c2ccc(F)cc2)C(O)NCC(C)(C)C(=O)O[C@@H](CC(C)C)C(=O)O)cc1Cl. The van der Waals surface area contributed by atoms with E-state index in [1.807, 2.05) is 26.0 Å². The fraction of sp³-hybridized carbons (Fsp3) is 0.514. The molecule has 0 radical (unpaired) electrons. The van der Waals surface area contributed by atoms with Crippen molar-refractivity contribution in [2.75, 3.05) is 13.7 Å². The first-order valence-corrected chi connectivity index (χ1v) is 16.6. The van der Waals surface area contributed by atoms with Gasteiger partial charge in [0.05, 0.1) is 23.6 Å². The lowest BCUT2D eigenvalue weighted by Crippen LogP contribution is -2.54. The summed E-state index contributed by atoms with van der Waals surface area (Å²) in [5.41, 5.74) is 0.510. The summed E-state index contributed by atoms with van der Waals surface area (Å²) in [4.78, 5) is 24.6. The number of hydrogen-bond acceptors (Lipinski definition) is 8. The molecule has 11 heteroatoms. The third-order valence-electron chi connectivity index (χ3n) is 8.14. The summed E-state index contributed by atoms with van der Waals surface area (Å²) in [6, 6.07) is 10.8. The summed E-state index contributed by atoms with van der Waals surface area (Å²) < 4.78 is 23.8. The molecule has 48 heavy (non-hydrogen) atoms. The summed E-state index contributed by atoms with van der Waals surface area (Å²) in [6.45, 7) is 11.0. The smallest absolute Gasteiger partial charge is 0.345 e. The number of aliphatic hydroxyl groups excluding tert-OH is 2. The highest BCUT2D eigenvalue weighted by atomic mass is 35.5. The Balaban J connectivity index is 2.09. The maximum absolute atomic E-state index is 13.2. The largest absolute Gasteiger partial charge is 0.495 e. The highest BCUT2D eigenvalue weighted by molar-refractivity contribution is 6.32. The van der Waals surface area contributed by atoms with Crippen LogP contribution in [0.1, 0.15) is 65.5 Å². The van der Waals surface area contributed by atoms with Crippen LogP contribution in [0.4, 0.5) is 4.39 Å². The van der Waals surface area contributed by atoms with Gasteiger partial charge in [-0.2, -0.15) is 0 Å². The van der Waals surface area contributed by atoms with Gasteiger partial charge in [-0.3, -0.25) is 15.4 Å². The van der Waals surface area contributed by atoms with Gasteiger partial charge >= 0.3 is 11.9 Å². The van der Waals surface area contributed by atoms with E-state index in [4.69, 9.17) is 21.1 Å². The van der Waals surface area contributed by atoms with Gasteiger partial charge in [-0.1, -0.05) is 75.7 Å². The summed E-state index contributed by atoms with van der Waals surface area (Å²) >= 11 is 6.34. The van der Waals surface area contributed by atoms with Crippen LogP contribution in [-0.4, -0.2) is 65.5 Å². The number of carbonyl (C=O) groups excluding carboxylic acids is 1. The van der Waals surface area contributed by atoms with E-state index < -0.39 is 42.0 Å². The first kappa shape index (κ1) is 40.9. The summed E-state index contributed by atoms with van der Waals surface area (Å²) in [7, 11) is 1.51. The van der Waals surface area contributed by atoms with Crippen LogP contribution in [-0.2, 0) is 20.7 Å². The van der Waals surface area contributed by atoms with Crippen LogP contribution in [0.25, 0.3) is 6.08 Å². The Bertz CT molecular complexity index is 1370. The average Bonchev–Trinajstić information content (AvgIpc) is 3.02. The van der Waals surface area contributed by atoms with Crippen molar-refractivity contribution < 1.29 is 38.8 Å². The Labute approximate surface area is 289 Å². The monoisotopic (exact) mass is 690 g/mol. The molecule has 0 fully saturated rings. The number of methoxy groups -OCH3 is 1. The quantitative estimate of drug-likeness (QED) is 0.0623. The van der Waals surface area contributed by atoms with Gasteiger partial charge in [-0.25, -0.2) is 9.18 Å². The molecule has 6 atom stereocenters. The minimum absolute atomic E-state index is 0.0111. The summed E-state index contributed by atoms with van der Waals surface area (Å²) in [5, 5.41) is 38.0. The van der Waals surface area contributed by atoms with Crippen molar-refractivity contribution in [3.8, 4) is 5.75 Å². The van der Waals surface area contributed by atoms with Gasteiger partial charge in [0.1, 0.15) is 24.0 Å². The van der Waals surface area contributed by atoms with Crippen molar-refractivity contribution >= 4 is 29.6 Å². The first-order valence-electron chi connectivity index (χ1n) is 16.2. The number of benzene rings is 2. The number of carboxylic acid groups (broad SMARTS) is 1. The normalized spacial score (nSPS) is 16.1. The zero-order chi connectivity index (χ0) is 36.0. The zero-order valence-electron chi connectivity index (χ0n) is 29.0. The van der Waals surface area contributed by atoms with Crippen molar-refractivity contribution in [1.82, 2.24) is 10.6 Å². The van der Waals surface area contributed by atoms with Crippen molar-refractivity contribution in [3.63, 3.8) is 0 Å². The number of nitrogens with one attached hydrogen (secondary N) is 2. The Morgan fingerprint density at radius 3 is 2.29 bits per heavy atom. The van der Waals surface area contributed by atoms with Crippen LogP contribution in [0, 0.1) is 29.0 Å². The molecule has 5 N–H and O–H groups in total. The van der Waals surface area contributed by atoms with E-state index in [-0.39, 0.29) is 43.0 Å². The molecular formula is C37H52ClFN2O7. The molecule has 0 heterocycles.